The number of ether oxygens (including phenoxy) is 1. The van der Waals surface area contributed by atoms with Crippen molar-refractivity contribution in [3.05, 3.63) is 29.8 Å². The van der Waals surface area contributed by atoms with Crippen molar-refractivity contribution >= 4 is 12.4 Å². The Bertz CT molecular complexity index is 382. The van der Waals surface area contributed by atoms with Crippen LogP contribution in [0, 0.1) is 0 Å². The monoisotopic (exact) mass is 221 g/mol. The molecule has 0 spiro atoms. The molecule has 1 aromatic rings. The molecule has 86 valence electrons. The summed E-state index contributed by atoms with van der Waals surface area (Å²) in [6, 6.07) is 7.00. The van der Waals surface area contributed by atoms with Crippen LogP contribution in [0.15, 0.2) is 24.3 Å². The van der Waals surface area contributed by atoms with Crippen molar-refractivity contribution in [1.82, 2.24) is 5.32 Å². The molecule has 0 aliphatic rings. The predicted molar refractivity (Wildman–Crippen MR) is 60.0 cm³/mol. The van der Waals surface area contributed by atoms with E-state index in [1.807, 2.05) is 26.0 Å². The van der Waals surface area contributed by atoms with Crippen LogP contribution in [0.1, 0.15) is 26.3 Å². The van der Waals surface area contributed by atoms with E-state index in [-0.39, 0.29) is 5.91 Å². The van der Waals surface area contributed by atoms with E-state index in [4.69, 9.17) is 0 Å². The molecule has 0 saturated heterocycles. The SMILES string of the molecule is CC(=O)NC(C)(C)c1ccc(OC=O)cc1. The normalized spacial score (nSPS) is 10.7. The fourth-order valence-electron chi connectivity index (χ4n) is 1.52. The number of hydrogen-bond acceptors (Lipinski definition) is 3. The molecule has 16 heavy (non-hydrogen) atoms. The summed E-state index contributed by atoms with van der Waals surface area (Å²) in [4.78, 5) is 21.1. The van der Waals surface area contributed by atoms with Gasteiger partial charge in [-0.1, -0.05) is 12.1 Å². The standard InChI is InChI=1S/C12H15NO3/c1-9(15)13-12(2,3)10-4-6-11(7-5-10)16-8-14/h4-8H,1-3H3,(H,13,15). The molecule has 0 unspecified atom stereocenters. The minimum absolute atomic E-state index is 0.0850. The highest BCUT2D eigenvalue weighted by Crippen LogP contribution is 2.22. The molecule has 4 heteroatoms. The van der Waals surface area contributed by atoms with Crippen LogP contribution in [0.25, 0.3) is 0 Å². The Labute approximate surface area is 94.6 Å². The third-order valence-electron chi connectivity index (χ3n) is 2.25. The van der Waals surface area contributed by atoms with Crippen LogP contribution in [0.4, 0.5) is 0 Å². The van der Waals surface area contributed by atoms with E-state index in [1.165, 1.54) is 6.92 Å². The van der Waals surface area contributed by atoms with Crippen molar-refractivity contribution in [2.75, 3.05) is 0 Å². The number of hydrogen-bond donors (Lipinski definition) is 1. The third-order valence-corrected chi connectivity index (χ3v) is 2.25. The van der Waals surface area contributed by atoms with Crippen LogP contribution in [0.5, 0.6) is 5.75 Å². The molecular weight excluding hydrogens is 206 g/mol. The summed E-state index contributed by atoms with van der Waals surface area (Å²) in [5.41, 5.74) is 0.506. The van der Waals surface area contributed by atoms with Crippen molar-refractivity contribution in [3.8, 4) is 5.75 Å². The summed E-state index contributed by atoms with van der Waals surface area (Å²) in [6.45, 7) is 5.67. The molecule has 0 fully saturated rings. The van der Waals surface area contributed by atoms with Gasteiger partial charge in [0.1, 0.15) is 5.75 Å². The molecular formula is C12H15NO3. The van der Waals surface area contributed by atoms with Crippen molar-refractivity contribution in [2.24, 2.45) is 0 Å². The first kappa shape index (κ1) is 12.2. The number of carbonyl (C=O) groups excluding carboxylic acids is 2. The van der Waals surface area contributed by atoms with Gasteiger partial charge in [-0.3, -0.25) is 9.59 Å². The van der Waals surface area contributed by atoms with E-state index in [0.717, 1.165) is 5.56 Å². The van der Waals surface area contributed by atoms with Crippen LogP contribution >= 0.6 is 0 Å². The van der Waals surface area contributed by atoms with Gasteiger partial charge in [-0.15, -0.1) is 0 Å². The molecule has 1 aromatic carbocycles. The lowest BCUT2D eigenvalue weighted by molar-refractivity contribution is -0.121. The van der Waals surface area contributed by atoms with Gasteiger partial charge in [0.05, 0.1) is 5.54 Å². The first-order chi connectivity index (χ1) is 7.45. The van der Waals surface area contributed by atoms with Gasteiger partial charge in [0.25, 0.3) is 6.47 Å². The molecule has 0 aliphatic carbocycles. The molecule has 0 radical (unpaired) electrons. The molecule has 1 amide bonds. The van der Waals surface area contributed by atoms with Crippen LogP contribution in [-0.2, 0) is 15.1 Å². The number of rotatable bonds is 4. The van der Waals surface area contributed by atoms with E-state index in [0.29, 0.717) is 12.2 Å². The molecule has 1 rings (SSSR count). The molecule has 1 N–H and O–H groups in total. The summed E-state index contributed by atoms with van der Waals surface area (Å²) in [7, 11) is 0. The van der Waals surface area contributed by atoms with E-state index in [2.05, 4.69) is 10.1 Å². The van der Waals surface area contributed by atoms with Crippen LogP contribution in [0.2, 0.25) is 0 Å². The van der Waals surface area contributed by atoms with Gasteiger partial charge < -0.3 is 10.1 Å². The van der Waals surface area contributed by atoms with Gasteiger partial charge in [0, 0.05) is 6.92 Å². The maximum atomic E-state index is 11.0. The lowest BCUT2D eigenvalue weighted by Crippen LogP contribution is -2.39. The average Bonchev–Trinajstić information content (AvgIpc) is 2.17. The van der Waals surface area contributed by atoms with Crippen LogP contribution in [-0.4, -0.2) is 12.4 Å². The Morgan fingerprint density at radius 2 is 1.88 bits per heavy atom. The highest BCUT2D eigenvalue weighted by molar-refractivity contribution is 5.74. The summed E-state index contributed by atoms with van der Waals surface area (Å²) >= 11 is 0. The lowest BCUT2D eigenvalue weighted by atomic mass is 9.94. The first-order valence-electron chi connectivity index (χ1n) is 4.95. The first-order valence-corrected chi connectivity index (χ1v) is 4.95. The topological polar surface area (TPSA) is 55.4 Å². The van der Waals surface area contributed by atoms with Crippen molar-refractivity contribution in [2.45, 2.75) is 26.3 Å². The summed E-state index contributed by atoms with van der Waals surface area (Å²) < 4.78 is 4.69. The number of benzene rings is 1. The predicted octanol–water partition coefficient (Wildman–Crippen LogP) is 1.59. The Morgan fingerprint density at radius 1 is 1.31 bits per heavy atom. The average molecular weight is 221 g/mol. The Hall–Kier alpha value is -1.84. The van der Waals surface area contributed by atoms with Gasteiger partial charge in [-0.25, -0.2) is 0 Å². The molecule has 0 saturated carbocycles. The number of carbonyl (C=O) groups is 2. The lowest BCUT2D eigenvalue weighted by Gasteiger charge is -2.26. The van der Waals surface area contributed by atoms with Gasteiger partial charge in [0.2, 0.25) is 5.91 Å². The molecule has 4 nitrogen and oxygen atoms in total. The fourth-order valence-corrected chi connectivity index (χ4v) is 1.52. The molecule has 0 heterocycles. The third kappa shape index (κ3) is 3.08. The second-order valence-electron chi connectivity index (χ2n) is 4.04. The molecule has 0 atom stereocenters. The summed E-state index contributed by atoms with van der Waals surface area (Å²) in [5, 5.41) is 2.84. The zero-order valence-electron chi connectivity index (χ0n) is 9.61. The molecule has 0 aromatic heterocycles. The van der Waals surface area contributed by atoms with Gasteiger partial charge in [-0.2, -0.15) is 0 Å². The van der Waals surface area contributed by atoms with Gasteiger partial charge >= 0.3 is 0 Å². The quantitative estimate of drug-likeness (QED) is 0.785. The minimum atomic E-state index is -0.439. The second kappa shape index (κ2) is 4.79. The maximum absolute atomic E-state index is 11.0. The van der Waals surface area contributed by atoms with Crippen LogP contribution < -0.4 is 10.1 Å². The zero-order valence-corrected chi connectivity index (χ0v) is 9.61. The van der Waals surface area contributed by atoms with E-state index in [1.54, 1.807) is 12.1 Å². The minimum Gasteiger partial charge on any atom is -0.429 e. The fraction of sp³-hybridized carbons (Fsp3) is 0.333. The Kier molecular flexibility index (Phi) is 3.66. The summed E-state index contributed by atoms with van der Waals surface area (Å²) in [5.74, 6) is 0.399. The van der Waals surface area contributed by atoms with Crippen molar-refractivity contribution in [3.63, 3.8) is 0 Å². The van der Waals surface area contributed by atoms with E-state index in [9.17, 15) is 9.59 Å². The van der Waals surface area contributed by atoms with Crippen LogP contribution in [0.3, 0.4) is 0 Å². The number of amides is 1. The number of nitrogens with one attached hydrogen (secondary N) is 1. The Morgan fingerprint density at radius 3 is 2.31 bits per heavy atom. The van der Waals surface area contributed by atoms with Crippen molar-refractivity contribution in [1.29, 1.82) is 0 Å². The van der Waals surface area contributed by atoms with E-state index < -0.39 is 5.54 Å². The summed E-state index contributed by atoms with van der Waals surface area (Å²) in [6.07, 6.45) is 0. The van der Waals surface area contributed by atoms with Gasteiger partial charge in [0.15, 0.2) is 0 Å². The largest absolute Gasteiger partial charge is 0.429 e. The van der Waals surface area contributed by atoms with Crippen molar-refractivity contribution < 1.29 is 14.3 Å². The smallest absolute Gasteiger partial charge is 0.298 e. The zero-order chi connectivity index (χ0) is 12.2. The molecule has 0 bridgehead atoms. The Balaban J connectivity index is 2.87. The second-order valence-corrected chi connectivity index (χ2v) is 4.04. The van der Waals surface area contributed by atoms with Gasteiger partial charge in [-0.05, 0) is 31.5 Å². The highest BCUT2D eigenvalue weighted by atomic mass is 16.5. The highest BCUT2D eigenvalue weighted by Gasteiger charge is 2.20. The van der Waals surface area contributed by atoms with E-state index >= 15 is 0 Å². The molecule has 0 aliphatic heterocycles. The maximum Gasteiger partial charge on any atom is 0.298 e.